The number of likely N-dealkylation sites (tertiary alicyclic amines) is 1. The average molecular weight is 496 g/mol. The lowest BCUT2D eigenvalue weighted by Crippen LogP contribution is -2.42. The second-order valence-electron chi connectivity index (χ2n) is 7.23. The Labute approximate surface area is 181 Å². The summed E-state index contributed by atoms with van der Waals surface area (Å²) in [5.41, 5.74) is 0. The quantitative estimate of drug-likeness (QED) is 0.221. The van der Waals surface area contributed by atoms with Gasteiger partial charge in [0.2, 0.25) is 5.91 Å². The molecular weight excluding hydrogens is 459 g/mol. The maximum Gasteiger partial charge on any atom is 0.224 e. The first-order valence-corrected chi connectivity index (χ1v) is 10.2. The molecule has 7 nitrogen and oxygen atoms in total. The monoisotopic (exact) mass is 496 g/mol. The van der Waals surface area contributed by atoms with E-state index in [1.54, 1.807) is 0 Å². The molecule has 0 radical (unpaired) electrons. The van der Waals surface area contributed by atoms with Crippen LogP contribution < -0.4 is 10.6 Å². The number of amides is 1. The van der Waals surface area contributed by atoms with Gasteiger partial charge in [-0.1, -0.05) is 6.92 Å². The number of guanidine groups is 1. The number of carbonyl (C=O) groups is 1. The van der Waals surface area contributed by atoms with Crippen LogP contribution in [0.1, 0.15) is 46.0 Å². The summed E-state index contributed by atoms with van der Waals surface area (Å²) in [6.07, 6.45) is 5.02. The molecule has 2 saturated heterocycles. The molecule has 2 heterocycles. The Bertz CT molecular complexity index is 445. The number of hydrogen-bond donors (Lipinski definition) is 2. The van der Waals surface area contributed by atoms with Crippen molar-refractivity contribution >= 4 is 35.8 Å². The molecule has 0 aromatic carbocycles. The maximum absolute atomic E-state index is 12.3. The number of piperidine rings is 1. The van der Waals surface area contributed by atoms with Crippen LogP contribution in [-0.2, 0) is 14.3 Å². The van der Waals surface area contributed by atoms with Crippen molar-refractivity contribution in [3.05, 3.63) is 0 Å². The van der Waals surface area contributed by atoms with Gasteiger partial charge >= 0.3 is 0 Å². The fraction of sp³-hybridized carbons (Fsp3) is 0.895. The van der Waals surface area contributed by atoms with E-state index in [1.165, 1.54) is 6.42 Å². The molecule has 2 aliphatic rings. The maximum atomic E-state index is 12.3. The third-order valence-corrected chi connectivity index (χ3v) is 4.80. The first-order valence-electron chi connectivity index (χ1n) is 10.2. The van der Waals surface area contributed by atoms with Crippen LogP contribution in [0.3, 0.4) is 0 Å². The molecule has 0 aromatic heterocycles. The zero-order chi connectivity index (χ0) is 18.6. The minimum Gasteiger partial charge on any atom is -0.379 e. The van der Waals surface area contributed by atoms with Crippen LogP contribution in [0.25, 0.3) is 0 Å². The SMILES string of the molecule is CCNC(=NCCCOC1CCOC1)NCCC(=O)N1CCCC(C)C1.I. The summed E-state index contributed by atoms with van der Waals surface area (Å²) in [6.45, 7) is 10.4. The van der Waals surface area contributed by atoms with Gasteiger partial charge in [-0.2, -0.15) is 0 Å². The molecule has 8 heteroatoms. The van der Waals surface area contributed by atoms with E-state index in [9.17, 15) is 4.79 Å². The fourth-order valence-corrected chi connectivity index (χ4v) is 3.35. The number of carbonyl (C=O) groups excluding carboxylic acids is 1. The summed E-state index contributed by atoms with van der Waals surface area (Å²) < 4.78 is 11.0. The molecule has 2 aliphatic heterocycles. The Morgan fingerprint density at radius 2 is 2.19 bits per heavy atom. The molecule has 2 rings (SSSR count). The van der Waals surface area contributed by atoms with Crippen LogP contribution in [0.2, 0.25) is 0 Å². The topological polar surface area (TPSA) is 75.2 Å². The van der Waals surface area contributed by atoms with E-state index < -0.39 is 0 Å². The van der Waals surface area contributed by atoms with Gasteiger partial charge in [-0.15, -0.1) is 24.0 Å². The van der Waals surface area contributed by atoms with Crippen molar-refractivity contribution in [1.29, 1.82) is 0 Å². The van der Waals surface area contributed by atoms with Crippen molar-refractivity contribution in [2.24, 2.45) is 10.9 Å². The fourth-order valence-electron chi connectivity index (χ4n) is 3.35. The standard InChI is InChI=1S/C19H36N4O3.HI/c1-3-20-19(21-9-5-12-26-17-8-13-25-15-17)22-10-7-18(24)23-11-4-6-16(2)14-23;/h16-17H,3-15H2,1-2H3,(H2,20,21,22);1H. The molecule has 2 fully saturated rings. The van der Waals surface area contributed by atoms with Crippen LogP contribution in [0, 0.1) is 5.92 Å². The van der Waals surface area contributed by atoms with Gasteiger partial charge in [-0.3, -0.25) is 9.79 Å². The number of nitrogens with zero attached hydrogens (tertiary/aromatic N) is 2. The second kappa shape index (κ2) is 14.4. The highest BCUT2D eigenvalue weighted by Gasteiger charge is 2.20. The molecule has 0 saturated carbocycles. The molecule has 0 bridgehead atoms. The lowest BCUT2D eigenvalue weighted by atomic mass is 10.00. The molecular formula is C19H37IN4O3. The van der Waals surface area contributed by atoms with Crippen LogP contribution in [0.5, 0.6) is 0 Å². The summed E-state index contributed by atoms with van der Waals surface area (Å²) in [5, 5.41) is 6.49. The van der Waals surface area contributed by atoms with Gasteiger partial charge in [-0.05, 0) is 38.5 Å². The smallest absolute Gasteiger partial charge is 0.224 e. The van der Waals surface area contributed by atoms with Gasteiger partial charge in [0.1, 0.15) is 0 Å². The van der Waals surface area contributed by atoms with Crippen molar-refractivity contribution in [1.82, 2.24) is 15.5 Å². The lowest BCUT2D eigenvalue weighted by Gasteiger charge is -2.31. The minimum absolute atomic E-state index is 0. The van der Waals surface area contributed by atoms with Gasteiger partial charge in [0, 0.05) is 52.4 Å². The highest BCUT2D eigenvalue weighted by molar-refractivity contribution is 14.0. The number of aliphatic imine (C=N–C) groups is 1. The third-order valence-electron chi connectivity index (χ3n) is 4.80. The Kier molecular flexibility index (Phi) is 13.0. The summed E-state index contributed by atoms with van der Waals surface area (Å²) >= 11 is 0. The zero-order valence-corrected chi connectivity index (χ0v) is 19.2. The summed E-state index contributed by atoms with van der Waals surface area (Å²) in [7, 11) is 0. The highest BCUT2D eigenvalue weighted by atomic mass is 127. The largest absolute Gasteiger partial charge is 0.379 e. The van der Waals surface area contributed by atoms with E-state index >= 15 is 0 Å². The van der Waals surface area contributed by atoms with Crippen molar-refractivity contribution in [3.63, 3.8) is 0 Å². The Morgan fingerprint density at radius 1 is 1.33 bits per heavy atom. The molecule has 1 amide bonds. The first-order chi connectivity index (χ1) is 12.7. The molecule has 158 valence electrons. The molecule has 2 atom stereocenters. The molecule has 0 aromatic rings. The second-order valence-corrected chi connectivity index (χ2v) is 7.23. The van der Waals surface area contributed by atoms with E-state index in [0.29, 0.717) is 32.0 Å². The van der Waals surface area contributed by atoms with Gasteiger partial charge in [0.15, 0.2) is 5.96 Å². The van der Waals surface area contributed by atoms with E-state index in [2.05, 4.69) is 22.5 Å². The van der Waals surface area contributed by atoms with Crippen molar-refractivity contribution < 1.29 is 14.3 Å². The van der Waals surface area contributed by atoms with E-state index in [1.807, 2.05) is 11.8 Å². The number of halogens is 1. The highest BCUT2D eigenvalue weighted by Crippen LogP contribution is 2.15. The predicted molar refractivity (Wildman–Crippen MR) is 119 cm³/mol. The number of nitrogens with one attached hydrogen (secondary N) is 2. The molecule has 0 spiro atoms. The van der Waals surface area contributed by atoms with E-state index in [-0.39, 0.29) is 36.0 Å². The summed E-state index contributed by atoms with van der Waals surface area (Å²) in [6, 6.07) is 0. The molecule has 2 unspecified atom stereocenters. The molecule has 0 aliphatic carbocycles. The summed E-state index contributed by atoms with van der Waals surface area (Å²) in [4.78, 5) is 18.9. The van der Waals surface area contributed by atoms with Gasteiger partial charge in [-0.25, -0.2) is 0 Å². The van der Waals surface area contributed by atoms with Crippen LogP contribution in [-0.4, -0.2) is 75.4 Å². The summed E-state index contributed by atoms with van der Waals surface area (Å²) in [5.74, 6) is 1.64. The Balaban J connectivity index is 0.00000364. The van der Waals surface area contributed by atoms with E-state index in [4.69, 9.17) is 9.47 Å². The minimum atomic E-state index is 0. The third kappa shape index (κ3) is 9.94. The molecule has 2 N–H and O–H groups in total. The Hall–Kier alpha value is -0.610. The lowest BCUT2D eigenvalue weighted by molar-refractivity contribution is -0.132. The number of ether oxygens (including phenoxy) is 2. The van der Waals surface area contributed by atoms with Crippen LogP contribution >= 0.6 is 24.0 Å². The predicted octanol–water partition coefficient (Wildman–Crippen LogP) is 2.00. The normalized spacial score (nSPS) is 23.0. The average Bonchev–Trinajstić information content (AvgIpc) is 3.14. The Morgan fingerprint density at radius 3 is 2.89 bits per heavy atom. The first kappa shape index (κ1) is 24.4. The van der Waals surface area contributed by atoms with Gasteiger partial charge < -0.3 is 25.0 Å². The van der Waals surface area contributed by atoms with Crippen LogP contribution in [0.15, 0.2) is 4.99 Å². The van der Waals surface area contributed by atoms with E-state index in [0.717, 1.165) is 58.1 Å². The van der Waals surface area contributed by atoms with Gasteiger partial charge in [0.25, 0.3) is 0 Å². The molecule has 27 heavy (non-hydrogen) atoms. The van der Waals surface area contributed by atoms with Crippen molar-refractivity contribution in [3.8, 4) is 0 Å². The zero-order valence-electron chi connectivity index (χ0n) is 16.9. The number of hydrogen-bond acceptors (Lipinski definition) is 4. The number of rotatable bonds is 9. The van der Waals surface area contributed by atoms with Crippen molar-refractivity contribution in [2.45, 2.75) is 52.1 Å². The van der Waals surface area contributed by atoms with Crippen LogP contribution in [0.4, 0.5) is 0 Å². The van der Waals surface area contributed by atoms with Gasteiger partial charge in [0.05, 0.1) is 12.7 Å². The van der Waals surface area contributed by atoms with Crippen molar-refractivity contribution in [2.75, 3.05) is 52.5 Å².